The van der Waals surface area contributed by atoms with Crippen LogP contribution in [0.25, 0.3) is 0 Å². The van der Waals surface area contributed by atoms with Gasteiger partial charge in [-0.15, -0.1) is 0 Å². The summed E-state index contributed by atoms with van der Waals surface area (Å²) in [5, 5.41) is 2.70. The molecule has 2 aromatic carbocycles. The average Bonchev–Trinajstić information content (AvgIpc) is 2.54. The maximum absolute atomic E-state index is 12.9. The lowest BCUT2D eigenvalue weighted by atomic mass is 10.2. The molecule has 0 spiro atoms. The van der Waals surface area contributed by atoms with Gasteiger partial charge in [0.05, 0.1) is 0 Å². The van der Waals surface area contributed by atoms with E-state index in [1.807, 2.05) is 6.92 Å². The predicted octanol–water partition coefficient (Wildman–Crippen LogP) is 2.72. The van der Waals surface area contributed by atoms with Gasteiger partial charge in [-0.05, 0) is 55.0 Å². The highest BCUT2D eigenvalue weighted by atomic mass is 19.1. The number of hydrogen-bond donors (Lipinski definition) is 2. The summed E-state index contributed by atoms with van der Waals surface area (Å²) in [6, 6.07) is 11.7. The molecule has 0 saturated carbocycles. The van der Waals surface area contributed by atoms with Crippen molar-refractivity contribution in [2.75, 3.05) is 5.32 Å². The summed E-state index contributed by atoms with van der Waals surface area (Å²) in [6.07, 6.45) is -0.265. The number of hydrogen-bond acceptors (Lipinski definition) is 3. The maximum Gasteiger partial charge on any atom is 0.265 e. The van der Waals surface area contributed by atoms with Crippen molar-refractivity contribution in [1.29, 1.82) is 0 Å². The summed E-state index contributed by atoms with van der Waals surface area (Å²) >= 11 is 0. The number of ether oxygens (including phenoxy) is 1. The van der Waals surface area contributed by atoms with Crippen molar-refractivity contribution in [2.24, 2.45) is 5.73 Å². The largest absolute Gasteiger partial charge is 0.481 e. The normalized spacial score (nSPS) is 11.6. The van der Waals surface area contributed by atoms with Crippen molar-refractivity contribution >= 4 is 17.5 Å². The Balaban J connectivity index is 2.01. The van der Waals surface area contributed by atoms with Gasteiger partial charge in [0.2, 0.25) is 5.91 Å². The summed E-state index contributed by atoms with van der Waals surface area (Å²) < 4.78 is 18.4. The molecule has 0 aliphatic heterocycles. The second kappa shape index (κ2) is 7.40. The number of primary amides is 1. The van der Waals surface area contributed by atoms with Crippen LogP contribution in [0.4, 0.5) is 10.1 Å². The lowest BCUT2D eigenvalue weighted by molar-refractivity contribution is -0.122. The van der Waals surface area contributed by atoms with E-state index in [1.165, 1.54) is 36.4 Å². The third-order valence-electron chi connectivity index (χ3n) is 3.19. The Morgan fingerprint density at radius 3 is 2.26 bits per heavy atom. The standard InChI is InChI=1S/C17H17FN2O3/c1-2-15(23-14-9-5-12(18)6-10-14)17(22)20-13-7-3-11(4-8-13)16(19)21/h3-10,15H,2H2,1H3,(H2,19,21)(H,20,22)/t15-/m1/s1. The van der Waals surface area contributed by atoms with Gasteiger partial charge < -0.3 is 15.8 Å². The zero-order valence-corrected chi connectivity index (χ0v) is 12.6. The number of nitrogens with one attached hydrogen (secondary N) is 1. The zero-order chi connectivity index (χ0) is 16.8. The molecular formula is C17H17FN2O3. The van der Waals surface area contributed by atoms with Gasteiger partial charge in [0, 0.05) is 11.3 Å². The van der Waals surface area contributed by atoms with E-state index in [1.54, 1.807) is 12.1 Å². The van der Waals surface area contributed by atoms with E-state index in [9.17, 15) is 14.0 Å². The fourth-order valence-corrected chi connectivity index (χ4v) is 1.94. The Hall–Kier alpha value is -2.89. The molecule has 5 nitrogen and oxygen atoms in total. The monoisotopic (exact) mass is 316 g/mol. The first kappa shape index (κ1) is 16.5. The minimum Gasteiger partial charge on any atom is -0.481 e. The number of carbonyl (C=O) groups excluding carboxylic acids is 2. The van der Waals surface area contributed by atoms with Crippen LogP contribution in [0.15, 0.2) is 48.5 Å². The average molecular weight is 316 g/mol. The predicted molar refractivity (Wildman–Crippen MR) is 84.7 cm³/mol. The highest BCUT2D eigenvalue weighted by molar-refractivity contribution is 5.96. The lowest BCUT2D eigenvalue weighted by Crippen LogP contribution is -2.32. The SMILES string of the molecule is CC[C@@H](Oc1ccc(F)cc1)C(=O)Nc1ccc(C(N)=O)cc1. The molecule has 0 saturated heterocycles. The van der Waals surface area contributed by atoms with E-state index >= 15 is 0 Å². The Morgan fingerprint density at radius 1 is 1.13 bits per heavy atom. The number of halogens is 1. The molecule has 0 bridgehead atoms. The molecular weight excluding hydrogens is 299 g/mol. The minimum atomic E-state index is -0.712. The van der Waals surface area contributed by atoms with Crippen LogP contribution in [-0.4, -0.2) is 17.9 Å². The van der Waals surface area contributed by atoms with Gasteiger partial charge in [0.1, 0.15) is 11.6 Å². The third kappa shape index (κ3) is 4.54. The molecule has 0 fully saturated rings. The van der Waals surface area contributed by atoms with Crippen LogP contribution in [0.3, 0.4) is 0 Å². The van der Waals surface area contributed by atoms with Gasteiger partial charge in [0.15, 0.2) is 6.10 Å². The highest BCUT2D eigenvalue weighted by Gasteiger charge is 2.18. The van der Waals surface area contributed by atoms with Crippen molar-refractivity contribution in [2.45, 2.75) is 19.4 Å². The first-order valence-corrected chi connectivity index (χ1v) is 7.12. The molecule has 2 aromatic rings. The molecule has 0 aliphatic carbocycles. The van der Waals surface area contributed by atoms with Crippen LogP contribution in [0.5, 0.6) is 5.75 Å². The van der Waals surface area contributed by atoms with E-state index in [-0.39, 0.29) is 11.7 Å². The Kier molecular flexibility index (Phi) is 5.30. The Bertz CT molecular complexity index is 684. The van der Waals surface area contributed by atoms with E-state index in [0.717, 1.165) is 0 Å². The number of nitrogens with two attached hydrogens (primary N) is 1. The van der Waals surface area contributed by atoms with Gasteiger partial charge >= 0.3 is 0 Å². The number of anilines is 1. The minimum absolute atomic E-state index is 0.330. The van der Waals surface area contributed by atoms with Crippen molar-refractivity contribution < 1.29 is 18.7 Å². The number of carbonyl (C=O) groups is 2. The number of benzene rings is 2. The molecule has 0 aromatic heterocycles. The van der Waals surface area contributed by atoms with Crippen molar-refractivity contribution in [3.8, 4) is 5.75 Å². The summed E-state index contributed by atoms with van der Waals surface area (Å²) in [6.45, 7) is 1.81. The number of amides is 2. The molecule has 23 heavy (non-hydrogen) atoms. The molecule has 2 rings (SSSR count). The van der Waals surface area contributed by atoms with Gasteiger partial charge in [-0.25, -0.2) is 4.39 Å². The Labute approximate surface area is 133 Å². The molecule has 0 heterocycles. The van der Waals surface area contributed by atoms with Crippen LogP contribution in [0.1, 0.15) is 23.7 Å². The summed E-state index contributed by atoms with van der Waals surface area (Å²) in [7, 11) is 0. The first-order chi connectivity index (χ1) is 11.0. The van der Waals surface area contributed by atoms with E-state index in [4.69, 9.17) is 10.5 Å². The van der Waals surface area contributed by atoms with E-state index in [2.05, 4.69) is 5.32 Å². The zero-order valence-electron chi connectivity index (χ0n) is 12.6. The first-order valence-electron chi connectivity index (χ1n) is 7.12. The maximum atomic E-state index is 12.9. The second-order valence-corrected chi connectivity index (χ2v) is 4.90. The van der Waals surface area contributed by atoms with E-state index < -0.39 is 12.0 Å². The van der Waals surface area contributed by atoms with Gasteiger partial charge in [0.25, 0.3) is 5.91 Å². The smallest absolute Gasteiger partial charge is 0.265 e. The summed E-state index contributed by atoms with van der Waals surface area (Å²) in [5.41, 5.74) is 6.05. The van der Waals surface area contributed by atoms with Gasteiger partial charge in [-0.1, -0.05) is 6.92 Å². The molecule has 6 heteroatoms. The van der Waals surface area contributed by atoms with Gasteiger partial charge in [-0.2, -0.15) is 0 Å². The molecule has 3 N–H and O–H groups in total. The molecule has 2 amide bonds. The quantitative estimate of drug-likeness (QED) is 0.859. The van der Waals surface area contributed by atoms with Crippen molar-refractivity contribution in [1.82, 2.24) is 0 Å². The van der Waals surface area contributed by atoms with Crippen LogP contribution in [0, 0.1) is 5.82 Å². The van der Waals surface area contributed by atoms with E-state index in [0.29, 0.717) is 23.4 Å². The molecule has 120 valence electrons. The lowest BCUT2D eigenvalue weighted by Gasteiger charge is -2.17. The van der Waals surface area contributed by atoms with Crippen LogP contribution < -0.4 is 15.8 Å². The van der Waals surface area contributed by atoms with Crippen LogP contribution >= 0.6 is 0 Å². The Morgan fingerprint density at radius 2 is 1.74 bits per heavy atom. The molecule has 0 radical (unpaired) electrons. The van der Waals surface area contributed by atoms with Crippen molar-refractivity contribution in [3.63, 3.8) is 0 Å². The highest BCUT2D eigenvalue weighted by Crippen LogP contribution is 2.16. The van der Waals surface area contributed by atoms with Crippen LogP contribution in [-0.2, 0) is 4.79 Å². The summed E-state index contributed by atoms with van der Waals surface area (Å²) in [5.74, 6) is -0.820. The van der Waals surface area contributed by atoms with Crippen LogP contribution in [0.2, 0.25) is 0 Å². The fourth-order valence-electron chi connectivity index (χ4n) is 1.94. The second-order valence-electron chi connectivity index (χ2n) is 4.90. The van der Waals surface area contributed by atoms with Crippen molar-refractivity contribution in [3.05, 3.63) is 59.9 Å². The van der Waals surface area contributed by atoms with Gasteiger partial charge in [-0.3, -0.25) is 9.59 Å². The topological polar surface area (TPSA) is 81.4 Å². The number of rotatable bonds is 6. The molecule has 1 atom stereocenters. The molecule has 0 unspecified atom stereocenters. The fraction of sp³-hybridized carbons (Fsp3) is 0.176. The summed E-state index contributed by atoms with van der Waals surface area (Å²) in [4.78, 5) is 23.2. The molecule has 0 aliphatic rings. The third-order valence-corrected chi connectivity index (χ3v) is 3.19.